The van der Waals surface area contributed by atoms with Crippen LogP contribution in [-0.4, -0.2) is 16.0 Å². The van der Waals surface area contributed by atoms with Crippen LogP contribution in [0.5, 0.6) is 0 Å². The number of hydrogen-bond donors (Lipinski definition) is 0. The summed E-state index contributed by atoms with van der Waals surface area (Å²) in [6.07, 6.45) is 7.73. The first-order valence-electron chi connectivity index (χ1n) is 20.7. The van der Waals surface area contributed by atoms with Crippen LogP contribution in [0.1, 0.15) is 12.0 Å². The maximum absolute atomic E-state index is 5.76. The Morgan fingerprint density at radius 1 is 0.500 bits per heavy atom. The lowest BCUT2D eigenvalue weighted by molar-refractivity contribution is 0.807. The summed E-state index contributed by atoms with van der Waals surface area (Å²) in [7, 11) is 0. The van der Waals surface area contributed by atoms with Gasteiger partial charge in [-0.3, -0.25) is 0 Å². The van der Waals surface area contributed by atoms with Crippen molar-refractivity contribution in [1.82, 2.24) is 9.97 Å². The zero-order chi connectivity index (χ0) is 39.3. The highest BCUT2D eigenvalue weighted by Crippen LogP contribution is 2.57. The third-order valence-corrected chi connectivity index (χ3v) is 14.0. The van der Waals surface area contributed by atoms with Crippen molar-refractivity contribution in [2.75, 3.05) is 4.90 Å². The minimum absolute atomic E-state index is 0.0458. The summed E-state index contributed by atoms with van der Waals surface area (Å²) >= 11 is 1.91. The van der Waals surface area contributed by atoms with E-state index in [-0.39, 0.29) is 6.04 Å². The van der Waals surface area contributed by atoms with Crippen molar-refractivity contribution in [2.24, 2.45) is 0 Å². The fourth-order valence-electron chi connectivity index (χ4n) is 10.1. The summed E-state index contributed by atoms with van der Waals surface area (Å²) < 4.78 is 2.56. The maximum Gasteiger partial charge on any atom is 0.231 e. The molecule has 0 radical (unpaired) electrons. The fraction of sp³-hybridized carbons (Fsp3) is 0.0357. The van der Waals surface area contributed by atoms with Crippen LogP contribution >= 0.6 is 11.3 Å². The highest BCUT2D eigenvalue weighted by molar-refractivity contribution is 7.27. The van der Waals surface area contributed by atoms with Gasteiger partial charge in [0.1, 0.15) is 0 Å². The van der Waals surface area contributed by atoms with Gasteiger partial charge in [0.25, 0.3) is 0 Å². The zero-order valence-corrected chi connectivity index (χ0v) is 33.3. The number of fused-ring (bicyclic) bond motifs is 14. The number of anilines is 2. The van der Waals surface area contributed by atoms with E-state index < -0.39 is 0 Å². The first-order valence-corrected chi connectivity index (χ1v) is 21.5. The second kappa shape index (κ2) is 13.1. The second-order valence-electron chi connectivity index (χ2n) is 16.0. The van der Waals surface area contributed by atoms with Gasteiger partial charge >= 0.3 is 0 Å². The predicted octanol–water partition coefficient (Wildman–Crippen LogP) is 15.3. The van der Waals surface area contributed by atoms with Crippen molar-refractivity contribution < 1.29 is 0 Å². The summed E-state index contributed by atoms with van der Waals surface area (Å²) in [5, 5.41) is 10.9. The van der Waals surface area contributed by atoms with Gasteiger partial charge in [0.05, 0.1) is 27.6 Å². The Bertz CT molecular complexity index is 3650. The molecule has 0 N–H and O–H groups in total. The first-order chi connectivity index (χ1) is 29.8. The van der Waals surface area contributed by atoms with Crippen LogP contribution in [0.4, 0.5) is 11.6 Å². The molecule has 0 spiro atoms. The van der Waals surface area contributed by atoms with Gasteiger partial charge in [-0.1, -0.05) is 182 Å². The molecule has 2 aromatic heterocycles. The molecule has 1 unspecified atom stereocenters. The molecular weight excluding hydrogens is 747 g/mol. The highest BCUT2D eigenvalue weighted by Gasteiger charge is 2.40. The van der Waals surface area contributed by atoms with Crippen LogP contribution < -0.4 is 4.90 Å². The fourth-order valence-corrected chi connectivity index (χ4v) is 11.5. The molecule has 0 fully saturated rings. The van der Waals surface area contributed by atoms with Gasteiger partial charge in [-0.25, -0.2) is 9.97 Å². The Morgan fingerprint density at radius 3 is 2.05 bits per heavy atom. The molecule has 1 atom stereocenters. The average Bonchev–Trinajstić information content (AvgIpc) is 3.89. The molecule has 0 bridgehead atoms. The molecule has 280 valence electrons. The quantitative estimate of drug-likeness (QED) is 0.167. The van der Waals surface area contributed by atoms with Crippen LogP contribution in [0, 0.1) is 0 Å². The molecule has 11 aromatic rings. The molecule has 2 aliphatic rings. The number of thiophene rings is 1. The van der Waals surface area contributed by atoms with Gasteiger partial charge in [-0.2, -0.15) is 0 Å². The highest BCUT2D eigenvalue weighted by atomic mass is 32.1. The van der Waals surface area contributed by atoms with Crippen LogP contribution in [0.3, 0.4) is 0 Å². The molecule has 9 aromatic carbocycles. The first kappa shape index (κ1) is 33.6. The number of aromatic nitrogens is 2. The molecule has 1 aliphatic carbocycles. The van der Waals surface area contributed by atoms with Gasteiger partial charge in [-0.05, 0) is 78.7 Å². The van der Waals surface area contributed by atoms with Gasteiger partial charge < -0.3 is 4.90 Å². The van der Waals surface area contributed by atoms with E-state index in [9.17, 15) is 0 Å². The van der Waals surface area contributed by atoms with E-state index in [1.807, 2.05) is 11.3 Å². The molecule has 3 nitrogen and oxygen atoms in total. The van der Waals surface area contributed by atoms with E-state index in [4.69, 9.17) is 9.97 Å². The monoisotopic (exact) mass is 781 g/mol. The normalized spacial score (nSPS) is 14.8. The summed E-state index contributed by atoms with van der Waals surface area (Å²) in [4.78, 5) is 13.8. The number of hydrogen-bond acceptors (Lipinski definition) is 4. The van der Waals surface area contributed by atoms with Crippen LogP contribution in [0.25, 0.3) is 102 Å². The van der Waals surface area contributed by atoms with Crippen LogP contribution in [0.15, 0.2) is 194 Å². The minimum Gasteiger partial charge on any atom is -0.301 e. The van der Waals surface area contributed by atoms with E-state index in [0.29, 0.717) is 0 Å². The third kappa shape index (κ3) is 4.89. The van der Waals surface area contributed by atoms with Gasteiger partial charge in [0.15, 0.2) is 0 Å². The van der Waals surface area contributed by atoms with Crippen molar-refractivity contribution in [3.63, 3.8) is 0 Å². The lowest BCUT2D eigenvalue weighted by Crippen LogP contribution is -2.29. The summed E-state index contributed by atoms with van der Waals surface area (Å²) in [6, 6.07) is 63.9. The Kier molecular flexibility index (Phi) is 7.30. The molecule has 0 saturated heterocycles. The van der Waals surface area contributed by atoms with Crippen molar-refractivity contribution in [3.8, 4) is 33.5 Å². The smallest absolute Gasteiger partial charge is 0.231 e. The van der Waals surface area contributed by atoms with Crippen LogP contribution in [-0.2, 0) is 0 Å². The molecular formula is C56H35N3S. The van der Waals surface area contributed by atoms with Crippen molar-refractivity contribution in [2.45, 2.75) is 12.5 Å². The number of allylic oxidation sites excluding steroid dienone is 2. The van der Waals surface area contributed by atoms with Crippen molar-refractivity contribution in [1.29, 1.82) is 0 Å². The number of nitrogens with zero attached hydrogens (tertiary/aromatic N) is 3. The zero-order valence-electron chi connectivity index (χ0n) is 32.5. The van der Waals surface area contributed by atoms with Crippen molar-refractivity contribution >= 4 is 91.9 Å². The lowest BCUT2D eigenvalue weighted by Gasteiger charge is -2.27. The lowest BCUT2D eigenvalue weighted by atomic mass is 9.90. The Hall–Kier alpha value is -7.40. The number of benzene rings is 9. The molecule has 4 heteroatoms. The van der Waals surface area contributed by atoms with Gasteiger partial charge in [0, 0.05) is 32.0 Å². The Balaban J connectivity index is 1.12. The van der Waals surface area contributed by atoms with E-state index in [0.717, 1.165) is 39.9 Å². The molecule has 3 heterocycles. The Labute approximate surface area is 350 Å². The van der Waals surface area contributed by atoms with Crippen molar-refractivity contribution in [3.05, 3.63) is 200 Å². The summed E-state index contributed by atoms with van der Waals surface area (Å²) in [5.74, 6) is 0.732. The van der Waals surface area contributed by atoms with E-state index in [2.05, 4.69) is 199 Å². The van der Waals surface area contributed by atoms with E-state index >= 15 is 0 Å². The Morgan fingerprint density at radius 2 is 1.17 bits per heavy atom. The average molecular weight is 782 g/mol. The van der Waals surface area contributed by atoms with E-state index in [1.165, 1.54) is 86.2 Å². The topological polar surface area (TPSA) is 29.0 Å². The molecule has 60 heavy (non-hydrogen) atoms. The standard InChI is InChI=1S/C56H35N3S/c1-2-15-34(16-3-1)37-20-12-21-38(33-37)41-27-14-29-46-50-43-25-9-8-24-42(43)49-45-26-10-11-30-48(45)59(53(49)55(50)60-54(41)46)56-57-47-32-31-36-18-5-7-23-40(36)51(47)52(58-56)44-28-13-19-35-17-4-6-22-39(35)44/h1-29,31-33,48H,30H2. The third-order valence-electron chi connectivity index (χ3n) is 12.7. The summed E-state index contributed by atoms with van der Waals surface area (Å²) in [5.41, 5.74) is 11.8. The molecule has 0 saturated carbocycles. The minimum atomic E-state index is 0.0458. The molecule has 1 aliphatic heterocycles. The SMILES string of the molecule is C1=CCC2C(=C1)c1c(c3sc4c(-c5cccc(-c6ccccc6)c5)cccc4c3c3ccccc13)N2c1nc(-c2cccc3ccccc23)c2c(ccc3ccccc32)n1. The predicted molar refractivity (Wildman–Crippen MR) is 255 cm³/mol. The van der Waals surface area contributed by atoms with Gasteiger partial charge in [0.2, 0.25) is 5.95 Å². The molecule has 0 amide bonds. The summed E-state index contributed by atoms with van der Waals surface area (Å²) in [6.45, 7) is 0. The van der Waals surface area contributed by atoms with Crippen LogP contribution in [0.2, 0.25) is 0 Å². The second-order valence-corrected chi connectivity index (χ2v) is 17.0. The maximum atomic E-state index is 5.76. The number of rotatable bonds is 4. The van der Waals surface area contributed by atoms with Gasteiger partial charge in [-0.15, -0.1) is 11.3 Å². The largest absolute Gasteiger partial charge is 0.301 e. The van der Waals surface area contributed by atoms with E-state index in [1.54, 1.807) is 0 Å². The molecule has 13 rings (SSSR count).